The van der Waals surface area contributed by atoms with E-state index in [1.54, 1.807) is 18.2 Å². The van der Waals surface area contributed by atoms with Crippen LogP contribution in [0.1, 0.15) is 12.5 Å². The zero-order valence-corrected chi connectivity index (χ0v) is 21.8. The number of hydrogen-bond acceptors (Lipinski definition) is 6. The molecule has 0 atom stereocenters. The van der Waals surface area contributed by atoms with Crippen molar-refractivity contribution in [1.29, 1.82) is 0 Å². The van der Waals surface area contributed by atoms with Gasteiger partial charge in [0.1, 0.15) is 11.6 Å². The van der Waals surface area contributed by atoms with Gasteiger partial charge in [-0.3, -0.25) is 9.59 Å². The molecule has 2 amide bonds. The first-order valence-corrected chi connectivity index (χ1v) is 12.6. The third-order valence-corrected chi connectivity index (χ3v) is 6.31. The van der Waals surface area contributed by atoms with Crippen LogP contribution in [0, 0.1) is 11.6 Å². The van der Waals surface area contributed by atoms with Crippen LogP contribution in [0.5, 0.6) is 11.5 Å². The number of aliphatic imine (C=N–C) groups is 1. The molecule has 0 radical (unpaired) electrons. The number of carbonyl (C=O) groups is 2. The van der Waals surface area contributed by atoms with Crippen molar-refractivity contribution >= 4 is 62.1 Å². The van der Waals surface area contributed by atoms with E-state index in [0.717, 1.165) is 11.8 Å². The van der Waals surface area contributed by atoms with Gasteiger partial charge >= 0.3 is 0 Å². The normalized spacial score (nSPS) is 15.1. The van der Waals surface area contributed by atoms with Crippen LogP contribution in [0.15, 0.2) is 75.0 Å². The van der Waals surface area contributed by atoms with Gasteiger partial charge in [-0.2, -0.15) is 0 Å². The van der Waals surface area contributed by atoms with Crippen LogP contribution in [-0.2, 0) is 9.59 Å². The minimum Gasteiger partial charge on any atom is -0.490 e. The molecular formula is C26H20BrF2N3O4S. The minimum absolute atomic E-state index is 0.308. The average molecular weight is 588 g/mol. The van der Waals surface area contributed by atoms with Crippen molar-refractivity contribution in [1.82, 2.24) is 5.32 Å². The molecule has 2 N–H and O–H groups in total. The molecule has 11 heteroatoms. The van der Waals surface area contributed by atoms with E-state index < -0.39 is 11.7 Å². The topological polar surface area (TPSA) is 89.0 Å². The summed E-state index contributed by atoms with van der Waals surface area (Å²) in [6, 6.07) is 14.4. The van der Waals surface area contributed by atoms with Gasteiger partial charge in [0.25, 0.3) is 11.8 Å². The summed E-state index contributed by atoms with van der Waals surface area (Å²) in [5.74, 6) is -0.831. The zero-order chi connectivity index (χ0) is 26.4. The SMILES string of the molecule is CCOc1cc(/C=C2/SC(=Nc3ccc(F)cc3)NC2=O)cc(Br)c1OCC(=O)Nc1ccc(F)cc1. The molecule has 7 nitrogen and oxygen atoms in total. The monoisotopic (exact) mass is 587 g/mol. The van der Waals surface area contributed by atoms with E-state index in [0.29, 0.717) is 49.6 Å². The molecule has 37 heavy (non-hydrogen) atoms. The Morgan fingerprint density at radius 1 is 1.08 bits per heavy atom. The van der Waals surface area contributed by atoms with Crippen molar-refractivity contribution in [3.63, 3.8) is 0 Å². The number of carbonyl (C=O) groups excluding carboxylic acids is 2. The number of ether oxygens (including phenoxy) is 2. The summed E-state index contributed by atoms with van der Waals surface area (Å²) in [6.45, 7) is 1.84. The number of amides is 2. The highest BCUT2D eigenvalue weighted by molar-refractivity contribution is 9.10. The van der Waals surface area contributed by atoms with Gasteiger partial charge in [-0.25, -0.2) is 13.8 Å². The number of thioether (sulfide) groups is 1. The molecule has 3 aromatic rings. The van der Waals surface area contributed by atoms with Crippen LogP contribution < -0.4 is 20.1 Å². The summed E-state index contributed by atoms with van der Waals surface area (Å²) in [6.07, 6.45) is 1.67. The second-order valence-electron chi connectivity index (χ2n) is 7.56. The van der Waals surface area contributed by atoms with Crippen LogP contribution in [0.4, 0.5) is 20.2 Å². The molecule has 0 bridgehead atoms. The maximum absolute atomic E-state index is 13.1. The number of nitrogens with zero attached hydrogens (tertiary/aromatic N) is 1. The van der Waals surface area contributed by atoms with E-state index in [4.69, 9.17) is 9.47 Å². The standard InChI is InChI=1S/C26H20BrF2N3O4S/c1-2-35-21-12-15(13-22-25(34)32-26(37-22)31-19-9-5-17(29)6-10-19)11-20(27)24(21)36-14-23(33)30-18-7-3-16(28)4-8-18/h3-13H,2,14H2,1H3,(H,30,33)(H,31,32,34)/b22-13+. The highest BCUT2D eigenvalue weighted by Crippen LogP contribution is 2.38. The van der Waals surface area contributed by atoms with E-state index in [1.165, 1.54) is 48.5 Å². The van der Waals surface area contributed by atoms with Gasteiger partial charge in [0.2, 0.25) is 0 Å². The van der Waals surface area contributed by atoms with Gasteiger partial charge in [-0.1, -0.05) is 0 Å². The lowest BCUT2D eigenvalue weighted by molar-refractivity contribution is -0.118. The number of nitrogens with one attached hydrogen (secondary N) is 2. The van der Waals surface area contributed by atoms with Gasteiger partial charge in [0, 0.05) is 5.69 Å². The first kappa shape index (κ1) is 26.4. The number of benzene rings is 3. The Kier molecular flexibility index (Phi) is 8.57. The van der Waals surface area contributed by atoms with Crippen LogP contribution in [0.2, 0.25) is 0 Å². The van der Waals surface area contributed by atoms with Crippen molar-refractivity contribution in [2.24, 2.45) is 4.99 Å². The molecular weight excluding hydrogens is 568 g/mol. The first-order valence-electron chi connectivity index (χ1n) is 11.0. The Balaban J connectivity index is 1.48. The summed E-state index contributed by atoms with van der Waals surface area (Å²) in [5, 5.41) is 5.69. The predicted octanol–water partition coefficient (Wildman–Crippen LogP) is 6.04. The van der Waals surface area contributed by atoms with Crippen molar-refractivity contribution in [3.05, 3.63) is 87.2 Å². The van der Waals surface area contributed by atoms with Crippen molar-refractivity contribution in [3.8, 4) is 11.5 Å². The van der Waals surface area contributed by atoms with E-state index in [9.17, 15) is 18.4 Å². The third-order valence-electron chi connectivity index (χ3n) is 4.81. The van der Waals surface area contributed by atoms with E-state index >= 15 is 0 Å². The molecule has 1 heterocycles. The number of rotatable bonds is 8. The van der Waals surface area contributed by atoms with Crippen LogP contribution >= 0.6 is 27.7 Å². The number of anilines is 1. The summed E-state index contributed by atoms with van der Waals surface area (Å²) in [4.78, 5) is 29.5. The minimum atomic E-state index is -0.431. The molecule has 0 saturated carbocycles. The molecule has 1 fully saturated rings. The number of halogens is 3. The van der Waals surface area contributed by atoms with E-state index in [1.807, 2.05) is 6.92 Å². The molecule has 0 aromatic heterocycles. The molecule has 3 aromatic carbocycles. The van der Waals surface area contributed by atoms with Gasteiger partial charge in [-0.15, -0.1) is 0 Å². The Morgan fingerprint density at radius 2 is 1.76 bits per heavy atom. The van der Waals surface area contributed by atoms with Crippen LogP contribution in [0.25, 0.3) is 6.08 Å². The Morgan fingerprint density at radius 3 is 2.43 bits per heavy atom. The second-order valence-corrected chi connectivity index (χ2v) is 9.45. The summed E-state index contributed by atoms with van der Waals surface area (Å²) >= 11 is 4.60. The van der Waals surface area contributed by atoms with Crippen molar-refractivity contribution < 1.29 is 27.8 Å². The van der Waals surface area contributed by atoms with Gasteiger partial charge in [0.05, 0.1) is 21.7 Å². The summed E-state index contributed by atoms with van der Waals surface area (Å²) in [5.41, 5.74) is 1.60. The lowest BCUT2D eigenvalue weighted by Crippen LogP contribution is -2.20. The smallest absolute Gasteiger partial charge is 0.264 e. The maximum atomic E-state index is 13.1. The molecule has 0 unspecified atom stereocenters. The van der Waals surface area contributed by atoms with Gasteiger partial charge < -0.3 is 20.1 Å². The highest BCUT2D eigenvalue weighted by Gasteiger charge is 2.24. The number of amidine groups is 1. The van der Waals surface area contributed by atoms with E-state index in [2.05, 4.69) is 31.6 Å². The zero-order valence-electron chi connectivity index (χ0n) is 19.4. The fourth-order valence-corrected chi connectivity index (χ4v) is 4.62. The molecule has 1 aliphatic heterocycles. The fraction of sp³-hybridized carbons (Fsp3) is 0.115. The largest absolute Gasteiger partial charge is 0.490 e. The Hall–Kier alpha value is -3.70. The maximum Gasteiger partial charge on any atom is 0.264 e. The average Bonchev–Trinajstić information content (AvgIpc) is 3.20. The fourth-order valence-electron chi connectivity index (χ4n) is 3.21. The predicted molar refractivity (Wildman–Crippen MR) is 143 cm³/mol. The second kappa shape index (κ2) is 12.0. The van der Waals surface area contributed by atoms with Crippen LogP contribution in [-0.4, -0.2) is 30.2 Å². The van der Waals surface area contributed by atoms with Gasteiger partial charge in [0.15, 0.2) is 23.3 Å². The van der Waals surface area contributed by atoms with Crippen molar-refractivity contribution in [2.75, 3.05) is 18.5 Å². The quantitative estimate of drug-likeness (QED) is 0.314. The van der Waals surface area contributed by atoms with E-state index in [-0.39, 0.29) is 18.3 Å². The highest BCUT2D eigenvalue weighted by atomic mass is 79.9. The molecule has 0 aliphatic carbocycles. The first-order chi connectivity index (χ1) is 17.8. The lowest BCUT2D eigenvalue weighted by Gasteiger charge is -2.15. The lowest BCUT2D eigenvalue weighted by atomic mass is 10.2. The molecule has 1 aliphatic rings. The van der Waals surface area contributed by atoms with Crippen LogP contribution in [0.3, 0.4) is 0 Å². The number of hydrogen-bond donors (Lipinski definition) is 2. The molecule has 1 saturated heterocycles. The molecule has 4 rings (SSSR count). The van der Waals surface area contributed by atoms with Gasteiger partial charge in [-0.05, 0) is 107 Å². The third kappa shape index (κ3) is 7.17. The molecule has 0 spiro atoms. The summed E-state index contributed by atoms with van der Waals surface area (Å²) in [7, 11) is 0. The Bertz CT molecular complexity index is 1380. The summed E-state index contributed by atoms with van der Waals surface area (Å²) < 4.78 is 38.1. The van der Waals surface area contributed by atoms with Crippen molar-refractivity contribution in [2.45, 2.75) is 6.92 Å². The molecule has 190 valence electrons. The Labute approximate surface area is 224 Å².